The van der Waals surface area contributed by atoms with Crippen LogP contribution in [0.15, 0.2) is 6.20 Å². The summed E-state index contributed by atoms with van der Waals surface area (Å²) in [7, 11) is 1.90. The van der Waals surface area contributed by atoms with Crippen molar-refractivity contribution >= 4 is 0 Å². The van der Waals surface area contributed by atoms with Crippen molar-refractivity contribution in [3.8, 4) is 0 Å². The van der Waals surface area contributed by atoms with Gasteiger partial charge in [-0.25, -0.2) is 4.68 Å². The monoisotopic (exact) mass is 360 g/mol. The first-order chi connectivity index (χ1) is 12.3. The molecule has 0 radical (unpaired) electrons. The summed E-state index contributed by atoms with van der Waals surface area (Å²) < 4.78 is 28.8. The van der Waals surface area contributed by atoms with Crippen molar-refractivity contribution in [1.82, 2.24) is 20.3 Å². The van der Waals surface area contributed by atoms with Gasteiger partial charge in [0.2, 0.25) is 0 Å². The molecule has 0 saturated carbocycles. The van der Waals surface area contributed by atoms with Gasteiger partial charge in [-0.1, -0.05) is 5.21 Å². The molecule has 1 N–H and O–H groups in total. The highest BCUT2D eigenvalue weighted by atomic mass is 16.6. The van der Waals surface area contributed by atoms with E-state index in [1.807, 2.05) is 20.2 Å². The third kappa shape index (κ3) is 13.8. The fraction of sp³-hybridized carbons (Fsp3) is 0.875. The van der Waals surface area contributed by atoms with E-state index in [9.17, 15) is 0 Å². The van der Waals surface area contributed by atoms with E-state index < -0.39 is 0 Å². The summed E-state index contributed by atoms with van der Waals surface area (Å²) in [6, 6.07) is 0. The molecule has 146 valence electrons. The average molecular weight is 360 g/mol. The average Bonchev–Trinajstić information content (AvgIpc) is 3.03. The topological polar surface area (TPSA) is 88.9 Å². The fourth-order valence-electron chi connectivity index (χ4n) is 1.82. The predicted octanol–water partition coefficient (Wildman–Crippen LogP) is -0.111. The van der Waals surface area contributed by atoms with Crippen LogP contribution in [0.1, 0.15) is 5.69 Å². The van der Waals surface area contributed by atoms with Gasteiger partial charge in [-0.05, 0) is 14.0 Å². The Morgan fingerprint density at radius 2 is 1.28 bits per heavy atom. The highest BCUT2D eigenvalue weighted by Crippen LogP contribution is 1.90. The lowest BCUT2D eigenvalue weighted by molar-refractivity contribution is -0.0113. The van der Waals surface area contributed by atoms with Crippen LogP contribution < -0.4 is 5.32 Å². The Hall–Kier alpha value is -1.10. The normalized spacial score (nSPS) is 11.3. The number of likely N-dealkylation sites (N-methyl/N-ethyl adjacent to an activating group) is 1. The van der Waals surface area contributed by atoms with E-state index >= 15 is 0 Å². The van der Waals surface area contributed by atoms with Crippen molar-refractivity contribution in [2.24, 2.45) is 0 Å². The molecule has 0 bridgehead atoms. The zero-order valence-electron chi connectivity index (χ0n) is 15.4. The second-order valence-electron chi connectivity index (χ2n) is 5.29. The Morgan fingerprint density at radius 3 is 1.72 bits per heavy atom. The van der Waals surface area contributed by atoms with Gasteiger partial charge in [-0.15, -0.1) is 5.10 Å². The van der Waals surface area contributed by atoms with E-state index in [1.54, 1.807) is 4.68 Å². The molecule has 0 fully saturated rings. The van der Waals surface area contributed by atoms with Crippen LogP contribution in [-0.4, -0.2) is 94.7 Å². The Labute approximate surface area is 149 Å². The minimum absolute atomic E-state index is 0.554. The molecule has 1 aromatic rings. The summed E-state index contributed by atoms with van der Waals surface area (Å²) >= 11 is 0. The molecule has 0 aromatic carbocycles. The molecule has 1 aromatic heterocycles. The Kier molecular flexibility index (Phi) is 14.4. The molecule has 1 rings (SSSR count). The largest absolute Gasteiger partial charge is 0.378 e. The molecule has 0 aliphatic heterocycles. The molecule has 9 heteroatoms. The second-order valence-corrected chi connectivity index (χ2v) is 5.29. The molecule has 0 amide bonds. The van der Waals surface area contributed by atoms with Crippen LogP contribution in [0.4, 0.5) is 0 Å². The van der Waals surface area contributed by atoms with Gasteiger partial charge in [-0.2, -0.15) is 0 Å². The Morgan fingerprint density at radius 1 is 0.800 bits per heavy atom. The van der Waals surface area contributed by atoms with E-state index in [0.717, 1.165) is 12.2 Å². The van der Waals surface area contributed by atoms with Gasteiger partial charge in [0, 0.05) is 12.7 Å². The van der Waals surface area contributed by atoms with Crippen molar-refractivity contribution < 1.29 is 23.7 Å². The number of aryl methyl sites for hydroxylation is 1. The van der Waals surface area contributed by atoms with Crippen LogP contribution in [0.2, 0.25) is 0 Å². The second kappa shape index (κ2) is 16.4. The maximum absolute atomic E-state index is 5.46. The van der Waals surface area contributed by atoms with Gasteiger partial charge in [0.1, 0.15) is 0 Å². The maximum Gasteiger partial charge on any atom is 0.0796 e. The van der Waals surface area contributed by atoms with E-state index in [0.29, 0.717) is 72.6 Å². The summed E-state index contributed by atoms with van der Waals surface area (Å²) in [6.45, 7) is 9.33. The van der Waals surface area contributed by atoms with Gasteiger partial charge in [0.05, 0.1) is 78.3 Å². The molecule has 0 aliphatic carbocycles. The number of rotatable bonds is 18. The summed E-state index contributed by atoms with van der Waals surface area (Å²) in [5, 5.41) is 10.9. The minimum atomic E-state index is 0.554. The van der Waals surface area contributed by atoms with Crippen LogP contribution in [-0.2, 0) is 30.2 Å². The standard InChI is InChI=1S/C16H32N4O5/c1-16-15-20(19-18-16)4-6-22-8-10-24-12-14-25-13-11-23-9-7-21-5-3-17-2/h15,17H,3-14H2,1-2H3. The van der Waals surface area contributed by atoms with Crippen molar-refractivity contribution in [2.75, 3.05) is 79.7 Å². The predicted molar refractivity (Wildman–Crippen MR) is 92.8 cm³/mol. The summed E-state index contributed by atoms with van der Waals surface area (Å²) in [6.07, 6.45) is 1.89. The number of ether oxygens (including phenoxy) is 5. The number of nitrogens with zero attached hydrogens (tertiary/aromatic N) is 3. The summed E-state index contributed by atoms with van der Waals surface area (Å²) in [5.41, 5.74) is 0.909. The van der Waals surface area contributed by atoms with Crippen LogP contribution in [0, 0.1) is 6.92 Å². The smallest absolute Gasteiger partial charge is 0.0796 e. The van der Waals surface area contributed by atoms with Crippen molar-refractivity contribution in [3.63, 3.8) is 0 Å². The van der Waals surface area contributed by atoms with E-state index in [-0.39, 0.29) is 0 Å². The number of hydrogen-bond donors (Lipinski definition) is 1. The van der Waals surface area contributed by atoms with E-state index in [2.05, 4.69) is 15.6 Å². The highest BCUT2D eigenvalue weighted by molar-refractivity contribution is 4.86. The van der Waals surface area contributed by atoms with Gasteiger partial charge in [-0.3, -0.25) is 0 Å². The minimum Gasteiger partial charge on any atom is -0.378 e. The zero-order valence-corrected chi connectivity index (χ0v) is 15.4. The molecule has 0 aliphatic rings. The fourth-order valence-corrected chi connectivity index (χ4v) is 1.82. The molecule has 0 unspecified atom stereocenters. The third-order valence-corrected chi connectivity index (χ3v) is 3.10. The Balaban J connectivity index is 1.69. The molecular weight excluding hydrogens is 328 g/mol. The van der Waals surface area contributed by atoms with Crippen LogP contribution in [0.5, 0.6) is 0 Å². The summed E-state index contributed by atoms with van der Waals surface area (Å²) in [5.74, 6) is 0. The first-order valence-electron chi connectivity index (χ1n) is 8.73. The summed E-state index contributed by atoms with van der Waals surface area (Å²) in [4.78, 5) is 0. The quantitative estimate of drug-likeness (QED) is 0.363. The van der Waals surface area contributed by atoms with E-state index in [4.69, 9.17) is 23.7 Å². The first-order valence-corrected chi connectivity index (χ1v) is 8.73. The lowest BCUT2D eigenvalue weighted by atomic mass is 10.5. The van der Waals surface area contributed by atoms with Gasteiger partial charge >= 0.3 is 0 Å². The molecule has 25 heavy (non-hydrogen) atoms. The SMILES string of the molecule is CNCCOCCOCCOCCOCCOCCn1cc(C)nn1. The van der Waals surface area contributed by atoms with Crippen molar-refractivity contribution in [3.05, 3.63) is 11.9 Å². The van der Waals surface area contributed by atoms with Crippen LogP contribution in [0.25, 0.3) is 0 Å². The molecule has 0 saturated heterocycles. The van der Waals surface area contributed by atoms with Gasteiger partial charge < -0.3 is 29.0 Å². The van der Waals surface area contributed by atoms with Crippen LogP contribution in [0.3, 0.4) is 0 Å². The van der Waals surface area contributed by atoms with E-state index in [1.165, 1.54) is 0 Å². The number of aromatic nitrogens is 3. The lowest BCUT2D eigenvalue weighted by Gasteiger charge is -2.08. The Bertz CT molecular complexity index is 406. The first kappa shape index (κ1) is 21.9. The maximum atomic E-state index is 5.46. The zero-order chi connectivity index (χ0) is 18.0. The molecule has 1 heterocycles. The lowest BCUT2D eigenvalue weighted by Crippen LogP contribution is -2.17. The van der Waals surface area contributed by atoms with Gasteiger partial charge in [0.25, 0.3) is 0 Å². The highest BCUT2D eigenvalue weighted by Gasteiger charge is 1.96. The molecule has 0 atom stereocenters. The third-order valence-electron chi connectivity index (χ3n) is 3.10. The van der Waals surface area contributed by atoms with Crippen LogP contribution >= 0.6 is 0 Å². The van der Waals surface area contributed by atoms with Crippen molar-refractivity contribution in [1.29, 1.82) is 0 Å². The molecular formula is C16H32N4O5. The van der Waals surface area contributed by atoms with Gasteiger partial charge in [0.15, 0.2) is 0 Å². The molecule has 9 nitrogen and oxygen atoms in total. The number of hydrogen-bond acceptors (Lipinski definition) is 8. The molecule has 0 spiro atoms. The number of nitrogens with one attached hydrogen (secondary N) is 1. The van der Waals surface area contributed by atoms with Crippen molar-refractivity contribution in [2.45, 2.75) is 13.5 Å².